The molecule has 22 heavy (non-hydrogen) atoms. The molecule has 2 aromatic heterocycles. The predicted molar refractivity (Wildman–Crippen MR) is 84.7 cm³/mol. The van der Waals surface area contributed by atoms with Gasteiger partial charge in [-0.05, 0) is 19.4 Å². The van der Waals surface area contributed by atoms with Gasteiger partial charge in [0.15, 0.2) is 0 Å². The van der Waals surface area contributed by atoms with E-state index >= 15 is 0 Å². The van der Waals surface area contributed by atoms with Crippen molar-refractivity contribution in [3.63, 3.8) is 0 Å². The van der Waals surface area contributed by atoms with Gasteiger partial charge in [-0.2, -0.15) is 4.52 Å². The first-order valence-corrected chi connectivity index (χ1v) is 7.34. The molecule has 1 aromatic carbocycles. The van der Waals surface area contributed by atoms with Crippen molar-refractivity contribution in [2.75, 3.05) is 11.9 Å². The van der Waals surface area contributed by atoms with Crippen LogP contribution in [0.15, 0.2) is 30.5 Å². The zero-order valence-corrected chi connectivity index (χ0v) is 12.6. The van der Waals surface area contributed by atoms with Crippen LogP contribution in [0.25, 0.3) is 16.4 Å². The monoisotopic (exact) mass is 298 g/mol. The van der Waals surface area contributed by atoms with E-state index in [0.29, 0.717) is 12.5 Å². The molecule has 7 heteroatoms. The summed E-state index contributed by atoms with van der Waals surface area (Å²) in [4.78, 5) is 16.5. The van der Waals surface area contributed by atoms with Gasteiger partial charge in [0.1, 0.15) is 6.04 Å². The molecule has 0 radical (unpaired) electrons. The number of aromatic nitrogens is 4. The highest BCUT2D eigenvalue weighted by atomic mass is 16.2. The first kappa shape index (κ1) is 14.2. The molecule has 0 saturated heterocycles. The van der Waals surface area contributed by atoms with E-state index in [2.05, 4.69) is 25.9 Å². The Balaban J connectivity index is 1.95. The van der Waals surface area contributed by atoms with Crippen LogP contribution in [-0.4, -0.2) is 38.3 Å². The van der Waals surface area contributed by atoms with Gasteiger partial charge in [-0.3, -0.25) is 4.79 Å². The van der Waals surface area contributed by atoms with Crippen molar-refractivity contribution in [1.82, 2.24) is 25.1 Å². The second kappa shape index (κ2) is 5.97. The van der Waals surface area contributed by atoms with Crippen LogP contribution in [0.2, 0.25) is 0 Å². The number of fused-ring (bicyclic) bond motifs is 3. The van der Waals surface area contributed by atoms with Crippen LogP contribution in [0.5, 0.6) is 0 Å². The predicted octanol–water partition coefficient (Wildman–Crippen LogP) is 1.60. The summed E-state index contributed by atoms with van der Waals surface area (Å²) in [5, 5.41) is 14.9. The van der Waals surface area contributed by atoms with Crippen molar-refractivity contribution in [2.24, 2.45) is 0 Å². The van der Waals surface area contributed by atoms with E-state index in [4.69, 9.17) is 0 Å². The van der Waals surface area contributed by atoms with Crippen molar-refractivity contribution in [2.45, 2.75) is 26.3 Å². The van der Waals surface area contributed by atoms with Crippen LogP contribution in [0.4, 0.5) is 5.95 Å². The van der Waals surface area contributed by atoms with Crippen LogP contribution >= 0.6 is 0 Å². The van der Waals surface area contributed by atoms with Gasteiger partial charge in [-0.25, -0.2) is 4.98 Å². The minimum absolute atomic E-state index is 0.0647. The second-order valence-corrected chi connectivity index (χ2v) is 5.14. The number of nitrogens with one attached hydrogen (secondary N) is 2. The average Bonchev–Trinajstić information content (AvgIpc) is 3.02. The van der Waals surface area contributed by atoms with Gasteiger partial charge in [-0.15, -0.1) is 5.10 Å². The lowest BCUT2D eigenvalue weighted by Crippen LogP contribution is -2.38. The lowest BCUT2D eigenvalue weighted by atomic mass is 10.2. The molecule has 0 aliphatic carbocycles. The van der Waals surface area contributed by atoms with Gasteiger partial charge >= 0.3 is 0 Å². The minimum atomic E-state index is -0.410. The zero-order valence-electron chi connectivity index (χ0n) is 12.6. The molecule has 2 N–H and O–H groups in total. The Morgan fingerprint density at radius 3 is 3.00 bits per heavy atom. The van der Waals surface area contributed by atoms with E-state index in [9.17, 15) is 4.79 Å². The largest absolute Gasteiger partial charge is 0.354 e. The van der Waals surface area contributed by atoms with Gasteiger partial charge in [0, 0.05) is 11.9 Å². The number of hydrogen-bond acceptors (Lipinski definition) is 5. The van der Waals surface area contributed by atoms with Crippen molar-refractivity contribution >= 4 is 28.3 Å². The molecule has 114 valence electrons. The van der Waals surface area contributed by atoms with E-state index in [1.54, 1.807) is 17.6 Å². The van der Waals surface area contributed by atoms with E-state index in [-0.39, 0.29) is 5.91 Å². The summed E-state index contributed by atoms with van der Waals surface area (Å²) in [6, 6.07) is 7.37. The SMILES string of the molecule is CCCNC(=O)[C@@H](C)Nc1nc2ccccc2c2cnnn12. The maximum atomic E-state index is 12.0. The Morgan fingerprint density at radius 1 is 1.36 bits per heavy atom. The van der Waals surface area contributed by atoms with E-state index in [0.717, 1.165) is 22.8 Å². The molecule has 1 amide bonds. The topological polar surface area (TPSA) is 84.2 Å². The molecule has 0 aliphatic rings. The highest BCUT2D eigenvalue weighted by molar-refractivity contribution is 5.94. The molecule has 3 aromatic rings. The van der Waals surface area contributed by atoms with Crippen molar-refractivity contribution in [3.8, 4) is 0 Å². The summed E-state index contributed by atoms with van der Waals surface area (Å²) in [6.07, 6.45) is 2.59. The van der Waals surface area contributed by atoms with E-state index < -0.39 is 6.04 Å². The van der Waals surface area contributed by atoms with Crippen LogP contribution in [0, 0.1) is 0 Å². The van der Waals surface area contributed by atoms with Crippen molar-refractivity contribution in [3.05, 3.63) is 30.5 Å². The fraction of sp³-hybridized carbons (Fsp3) is 0.333. The fourth-order valence-electron chi connectivity index (χ4n) is 2.28. The Labute approximate surface area is 127 Å². The van der Waals surface area contributed by atoms with Crippen LogP contribution in [0.1, 0.15) is 20.3 Å². The number of carbonyl (C=O) groups excluding carboxylic acids is 1. The lowest BCUT2D eigenvalue weighted by molar-refractivity contribution is -0.121. The number of benzene rings is 1. The third-order valence-electron chi connectivity index (χ3n) is 3.44. The number of rotatable bonds is 5. The molecule has 2 heterocycles. The third kappa shape index (κ3) is 2.57. The lowest BCUT2D eigenvalue weighted by Gasteiger charge is -2.15. The summed E-state index contributed by atoms with van der Waals surface area (Å²) in [7, 11) is 0. The quantitative estimate of drug-likeness (QED) is 0.747. The van der Waals surface area contributed by atoms with Crippen molar-refractivity contribution < 1.29 is 4.79 Å². The number of hydrogen-bond donors (Lipinski definition) is 2. The fourth-order valence-corrected chi connectivity index (χ4v) is 2.28. The number of para-hydroxylation sites is 1. The molecule has 1 atom stereocenters. The molecule has 0 saturated carbocycles. The summed E-state index contributed by atoms with van der Waals surface area (Å²) in [5.74, 6) is 0.440. The van der Waals surface area contributed by atoms with Gasteiger partial charge in [0.25, 0.3) is 0 Å². The molecular formula is C15H18N6O. The smallest absolute Gasteiger partial charge is 0.242 e. The summed E-state index contributed by atoms with van der Waals surface area (Å²) in [5.41, 5.74) is 1.69. The van der Waals surface area contributed by atoms with E-state index in [1.807, 2.05) is 31.2 Å². The Hall–Kier alpha value is -2.70. The molecule has 0 bridgehead atoms. The number of carbonyl (C=O) groups is 1. The Kier molecular flexibility index (Phi) is 3.86. The average molecular weight is 298 g/mol. The number of amides is 1. The number of anilines is 1. The summed E-state index contributed by atoms with van der Waals surface area (Å²) < 4.78 is 1.62. The molecule has 0 spiro atoms. The molecule has 0 unspecified atom stereocenters. The summed E-state index contributed by atoms with van der Waals surface area (Å²) in [6.45, 7) is 4.47. The standard InChI is InChI=1S/C15H18N6O/c1-3-8-16-14(22)10(2)18-15-19-12-7-5-4-6-11(12)13-9-17-20-21(13)15/h4-7,9-10H,3,8H2,1-2H3,(H,16,22)(H,18,19)/t10-/m1/s1. The van der Waals surface area contributed by atoms with Crippen LogP contribution in [0.3, 0.4) is 0 Å². The zero-order chi connectivity index (χ0) is 15.5. The second-order valence-electron chi connectivity index (χ2n) is 5.14. The molecule has 3 rings (SSSR count). The number of nitrogens with zero attached hydrogens (tertiary/aromatic N) is 4. The van der Waals surface area contributed by atoms with Crippen LogP contribution < -0.4 is 10.6 Å². The summed E-state index contributed by atoms with van der Waals surface area (Å²) >= 11 is 0. The first-order chi connectivity index (χ1) is 10.7. The van der Waals surface area contributed by atoms with Crippen LogP contribution in [-0.2, 0) is 4.79 Å². The minimum Gasteiger partial charge on any atom is -0.354 e. The van der Waals surface area contributed by atoms with E-state index in [1.165, 1.54) is 0 Å². The third-order valence-corrected chi connectivity index (χ3v) is 3.44. The highest BCUT2D eigenvalue weighted by Crippen LogP contribution is 2.20. The Morgan fingerprint density at radius 2 is 2.18 bits per heavy atom. The Bertz CT molecular complexity index is 812. The van der Waals surface area contributed by atoms with Gasteiger partial charge < -0.3 is 10.6 Å². The molecular weight excluding hydrogens is 280 g/mol. The molecule has 0 aliphatic heterocycles. The normalized spacial score (nSPS) is 12.5. The van der Waals surface area contributed by atoms with Crippen molar-refractivity contribution in [1.29, 1.82) is 0 Å². The molecule has 0 fully saturated rings. The van der Waals surface area contributed by atoms with Gasteiger partial charge in [0.2, 0.25) is 11.9 Å². The van der Waals surface area contributed by atoms with Gasteiger partial charge in [-0.1, -0.05) is 30.3 Å². The maximum absolute atomic E-state index is 12.0. The van der Waals surface area contributed by atoms with Gasteiger partial charge in [0.05, 0.1) is 17.2 Å². The first-order valence-electron chi connectivity index (χ1n) is 7.34. The molecule has 7 nitrogen and oxygen atoms in total. The highest BCUT2D eigenvalue weighted by Gasteiger charge is 2.16. The maximum Gasteiger partial charge on any atom is 0.242 e.